The predicted molar refractivity (Wildman–Crippen MR) is 137 cm³/mol. The lowest BCUT2D eigenvalue weighted by Gasteiger charge is -2.53. The van der Waals surface area contributed by atoms with Crippen molar-refractivity contribution < 1.29 is 19.4 Å². The van der Waals surface area contributed by atoms with Gasteiger partial charge in [0.1, 0.15) is 11.9 Å². The maximum absolute atomic E-state index is 11.7. The van der Waals surface area contributed by atoms with Gasteiger partial charge in [-0.15, -0.1) is 0 Å². The van der Waals surface area contributed by atoms with E-state index in [2.05, 4.69) is 48.3 Å². The number of benzene rings is 1. The van der Waals surface area contributed by atoms with Gasteiger partial charge in [-0.25, -0.2) is 0 Å². The van der Waals surface area contributed by atoms with Crippen molar-refractivity contribution in [2.75, 3.05) is 39.8 Å². The number of esters is 1. The van der Waals surface area contributed by atoms with Gasteiger partial charge in [0.2, 0.25) is 0 Å². The molecule has 1 saturated heterocycles. The van der Waals surface area contributed by atoms with Crippen molar-refractivity contribution in [1.82, 2.24) is 9.80 Å². The number of para-hydroxylation sites is 1. The molecule has 6 atom stereocenters. The monoisotopic (exact) mass is 482 g/mol. The summed E-state index contributed by atoms with van der Waals surface area (Å²) in [5.74, 6) is 1.56. The molecule has 0 aromatic heterocycles. The van der Waals surface area contributed by atoms with E-state index in [0.29, 0.717) is 11.8 Å². The summed E-state index contributed by atoms with van der Waals surface area (Å²) in [6, 6.07) is 8.28. The highest BCUT2D eigenvalue weighted by atomic mass is 16.5. The molecular weight excluding hydrogens is 440 g/mol. The van der Waals surface area contributed by atoms with Gasteiger partial charge >= 0.3 is 5.97 Å². The van der Waals surface area contributed by atoms with E-state index in [9.17, 15) is 9.90 Å². The zero-order valence-electron chi connectivity index (χ0n) is 22.0. The first-order valence-electron chi connectivity index (χ1n) is 13.1. The van der Waals surface area contributed by atoms with Gasteiger partial charge < -0.3 is 19.5 Å². The lowest BCUT2D eigenvalue weighted by molar-refractivity contribution is -0.148. The molecule has 0 spiro atoms. The second-order valence-electron chi connectivity index (χ2n) is 10.9. The number of nitrogens with zero attached hydrogens (tertiary/aromatic N) is 2. The molecule has 35 heavy (non-hydrogen) atoms. The second kappa shape index (κ2) is 11.0. The number of piperazine rings is 1. The van der Waals surface area contributed by atoms with Crippen LogP contribution in [0.15, 0.2) is 35.9 Å². The fraction of sp³-hybridized carbons (Fsp3) is 0.655. The van der Waals surface area contributed by atoms with Crippen molar-refractivity contribution >= 4 is 5.97 Å². The second-order valence-corrected chi connectivity index (χ2v) is 10.9. The maximum Gasteiger partial charge on any atom is 0.303 e. The Bertz CT molecular complexity index is 910. The molecule has 6 heteroatoms. The molecule has 2 radical (unpaired) electrons. The molecule has 0 bridgehead atoms. The van der Waals surface area contributed by atoms with Crippen LogP contribution in [-0.2, 0) is 16.1 Å². The third kappa shape index (κ3) is 5.76. The van der Waals surface area contributed by atoms with Crippen LogP contribution in [0.4, 0.5) is 0 Å². The molecule has 1 saturated carbocycles. The summed E-state index contributed by atoms with van der Waals surface area (Å²) in [7, 11) is 1.74. The number of carbonyl (C=O) groups excluding carboxylic acids is 1. The maximum atomic E-state index is 11.7. The van der Waals surface area contributed by atoms with Gasteiger partial charge in [-0.2, -0.15) is 0 Å². The van der Waals surface area contributed by atoms with Gasteiger partial charge in [0.05, 0.1) is 19.1 Å². The number of aliphatic hydroxyl groups is 1. The zero-order chi connectivity index (χ0) is 25.2. The summed E-state index contributed by atoms with van der Waals surface area (Å²) < 4.78 is 11.0. The Morgan fingerprint density at radius 3 is 2.57 bits per heavy atom. The number of methoxy groups -OCH3 is 1. The summed E-state index contributed by atoms with van der Waals surface area (Å²) >= 11 is 0. The summed E-state index contributed by atoms with van der Waals surface area (Å²) in [5, 5.41) is 11.7. The summed E-state index contributed by atoms with van der Waals surface area (Å²) in [5.41, 5.74) is 1.17. The Balaban J connectivity index is 1.36. The Kier molecular flexibility index (Phi) is 8.24. The van der Waals surface area contributed by atoms with Gasteiger partial charge in [-0.3, -0.25) is 9.69 Å². The van der Waals surface area contributed by atoms with E-state index in [4.69, 9.17) is 9.47 Å². The fourth-order valence-corrected chi connectivity index (χ4v) is 6.35. The normalized spacial score (nSPS) is 32.9. The number of rotatable bonds is 7. The van der Waals surface area contributed by atoms with E-state index in [1.807, 2.05) is 19.1 Å². The largest absolute Gasteiger partial charge is 0.496 e. The van der Waals surface area contributed by atoms with Gasteiger partial charge in [0.15, 0.2) is 0 Å². The van der Waals surface area contributed by atoms with Crippen molar-refractivity contribution in [2.24, 2.45) is 23.7 Å². The molecule has 2 fully saturated rings. The Hall–Kier alpha value is -1.89. The van der Waals surface area contributed by atoms with E-state index in [-0.39, 0.29) is 17.8 Å². The molecule has 3 aliphatic rings. The van der Waals surface area contributed by atoms with E-state index < -0.39 is 11.7 Å². The van der Waals surface area contributed by atoms with Crippen LogP contribution in [0.2, 0.25) is 0 Å². The summed E-state index contributed by atoms with van der Waals surface area (Å²) in [4.78, 5) is 16.7. The average Bonchev–Trinajstić information content (AvgIpc) is 2.82. The number of hydrogen-bond acceptors (Lipinski definition) is 6. The number of ether oxygens (including phenoxy) is 2. The van der Waals surface area contributed by atoms with Crippen LogP contribution in [0.1, 0.15) is 46.1 Å². The van der Waals surface area contributed by atoms with Crippen molar-refractivity contribution in [3.05, 3.63) is 47.9 Å². The van der Waals surface area contributed by atoms with Crippen molar-refractivity contribution in [3.63, 3.8) is 0 Å². The van der Waals surface area contributed by atoms with Gasteiger partial charge in [-0.05, 0) is 49.2 Å². The van der Waals surface area contributed by atoms with Crippen molar-refractivity contribution in [2.45, 2.75) is 58.8 Å². The van der Waals surface area contributed by atoms with E-state index in [0.717, 1.165) is 63.4 Å². The highest BCUT2D eigenvalue weighted by molar-refractivity contribution is 5.66. The smallest absolute Gasteiger partial charge is 0.303 e. The molecule has 6 nitrogen and oxygen atoms in total. The summed E-state index contributed by atoms with van der Waals surface area (Å²) in [6.45, 7) is 14.0. The minimum absolute atomic E-state index is 0.0138. The van der Waals surface area contributed by atoms with Crippen LogP contribution in [0, 0.1) is 30.1 Å². The van der Waals surface area contributed by atoms with E-state index in [1.165, 1.54) is 12.5 Å². The van der Waals surface area contributed by atoms with Crippen molar-refractivity contribution in [1.29, 1.82) is 0 Å². The lowest BCUT2D eigenvalue weighted by Crippen LogP contribution is -2.57. The molecule has 1 aliphatic heterocycles. The topological polar surface area (TPSA) is 62.2 Å². The Morgan fingerprint density at radius 2 is 1.89 bits per heavy atom. The minimum Gasteiger partial charge on any atom is -0.496 e. The van der Waals surface area contributed by atoms with Crippen LogP contribution >= 0.6 is 0 Å². The quantitative estimate of drug-likeness (QED) is 0.471. The predicted octanol–water partition coefficient (Wildman–Crippen LogP) is 3.82. The third-order valence-electron chi connectivity index (χ3n) is 8.48. The lowest BCUT2D eigenvalue weighted by atomic mass is 9.57. The summed E-state index contributed by atoms with van der Waals surface area (Å²) in [6.07, 6.45) is 6.99. The van der Waals surface area contributed by atoms with Crippen molar-refractivity contribution in [3.8, 4) is 5.75 Å². The molecule has 4 rings (SSSR count). The molecule has 2 aliphatic carbocycles. The number of carbonyl (C=O) groups is 1. The SMILES string of the molecule is COc1ccccc1CN1CCN(C[C@@H](C)[C@@H]2CC[C@@H](C)[C@]3(O)[C][C@@H](OC(C)=O)C(C)=C[C@H]23)CC1. The molecule has 1 N–H and O–H groups in total. The highest BCUT2D eigenvalue weighted by Gasteiger charge is 2.53. The first-order chi connectivity index (χ1) is 16.7. The van der Waals surface area contributed by atoms with E-state index >= 15 is 0 Å². The first-order valence-corrected chi connectivity index (χ1v) is 13.1. The average molecular weight is 483 g/mol. The Morgan fingerprint density at radius 1 is 1.20 bits per heavy atom. The number of fused-ring (bicyclic) bond motifs is 1. The zero-order valence-corrected chi connectivity index (χ0v) is 22.0. The van der Waals surface area contributed by atoms with Gasteiger partial charge in [0, 0.05) is 57.7 Å². The third-order valence-corrected chi connectivity index (χ3v) is 8.48. The standard InChI is InChI=1S/C29H42N2O4/c1-20-16-26-25(11-10-22(3)29(26,33)17-28(20)35-23(4)32)21(2)18-30-12-14-31(15-13-30)19-24-8-6-7-9-27(24)34-5/h6-9,16,21-22,25-26,28,33H,10-15,18-19H2,1-5H3/t21-,22-,25+,26-,28-,29-/m1/s1. The first kappa shape index (κ1) is 26.2. The minimum atomic E-state index is -1.05. The van der Waals surface area contributed by atoms with Crippen LogP contribution in [0.25, 0.3) is 0 Å². The van der Waals surface area contributed by atoms with Crippen LogP contribution in [0.3, 0.4) is 0 Å². The van der Waals surface area contributed by atoms with Crippen LogP contribution in [0.5, 0.6) is 5.75 Å². The van der Waals surface area contributed by atoms with Crippen LogP contribution in [-0.4, -0.2) is 72.4 Å². The molecule has 0 unspecified atom stereocenters. The fourth-order valence-electron chi connectivity index (χ4n) is 6.35. The Labute approximate surface area is 211 Å². The highest BCUT2D eigenvalue weighted by Crippen LogP contribution is 2.50. The van der Waals surface area contributed by atoms with Crippen LogP contribution < -0.4 is 4.74 Å². The van der Waals surface area contributed by atoms with Gasteiger partial charge in [0.25, 0.3) is 0 Å². The van der Waals surface area contributed by atoms with E-state index in [1.54, 1.807) is 7.11 Å². The van der Waals surface area contributed by atoms with Gasteiger partial charge in [-0.1, -0.05) is 38.1 Å². The molecule has 1 aromatic rings. The number of hydrogen-bond donors (Lipinski definition) is 1. The molecule has 1 aromatic carbocycles. The molecular formula is C29H42N2O4. The molecule has 0 amide bonds. The molecule has 1 heterocycles. The molecule has 192 valence electrons.